The molecule has 0 atom stereocenters. The maximum atomic E-state index is 6.22. The van der Waals surface area contributed by atoms with Crippen molar-refractivity contribution in [2.75, 3.05) is 19.0 Å². The second kappa shape index (κ2) is 4.21. The van der Waals surface area contributed by atoms with Gasteiger partial charge >= 0.3 is 0 Å². The van der Waals surface area contributed by atoms with Gasteiger partial charge in [0, 0.05) is 21.1 Å². The Morgan fingerprint density at radius 1 is 1.11 bits per heavy atom. The summed E-state index contributed by atoms with van der Waals surface area (Å²) >= 11 is 12.4. The van der Waals surface area contributed by atoms with Crippen molar-refractivity contribution in [1.29, 1.82) is 0 Å². The molecule has 0 unspecified atom stereocenters. The van der Waals surface area contributed by atoms with Crippen molar-refractivity contribution < 1.29 is 0 Å². The molecule has 98 valence electrons. The molecule has 0 N–H and O–H groups in total. The summed E-state index contributed by atoms with van der Waals surface area (Å²) in [5, 5.41) is 10.3. The molecule has 2 aliphatic rings. The van der Waals surface area contributed by atoms with E-state index in [0.29, 0.717) is 33.0 Å². The fourth-order valence-corrected chi connectivity index (χ4v) is 2.56. The number of halogens is 2. The lowest BCUT2D eigenvalue weighted by atomic mass is 10.2. The van der Waals surface area contributed by atoms with Gasteiger partial charge in [-0.25, -0.2) is 4.98 Å². The van der Waals surface area contributed by atoms with Crippen LogP contribution in [0, 0.1) is 0 Å². The minimum absolute atomic E-state index is 0.559. The topological polar surface area (TPSA) is 46.8 Å². The monoisotopic (exact) mass is 295 g/mol. The first-order valence-corrected chi connectivity index (χ1v) is 6.40. The molecule has 1 aromatic rings. The molecule has 7 heteroatoms. The van der Waals surface area contributed by atoms with Gasteiger partial charge < -0.3 is 4.90 Å². The first-order chi connectivity index (χ1) is 9.00. The third-order valence-corrected chi connectivity index (χ3v) is 3.62. The van der Waals surface area contributed by atoms with Crippen molar-refractivity contribution in [1.82, 2.24) is 19.7 Å². The Balaban J connectivity index is 2.46. The molecule has 0 saturated carbocycles. The molecular formula is C12H11Cl2N5. The van der Waals surface area contributed by atoms with Gasteiger partial charge in [-0.05, 0) is 12.1 Å². The predicted molar refractivity (Wildman–Crippen MR) is 77.3 cm³/mol. The summed E-state index contributed by atoms with van der Waals surface area (Å²) in [5.41, 5.74) is 1.32. The quantitative estimate of drug-likeness (QED) is 0.693. The molecule has 0 amide bonds. The summed E-state index contributed by atoms with van der Waals surface area (Å²) in [6.45, 7) is 0. The molecule has 1 aromatic carbocycles. The zero-order valence-corrected chi connectivity index (χ0v) is 12.2. The van der Waals surface area contributed by atoms with E-state index in [2.05, 4.69) is 15.2 Å². The molecule has 19 heavy (non-hydrogen) atoms. The van der Waals surface area contributed by atoms with Gasteiger partial charge in [-0.2, -0.15) is 0 Å². The van der Waals surface area contributed by atoms with Crippen LogP contribution in [0.25, 0.3) is 22.4 Å². The Kier molecular flexibility index (Phi) is 2.76. The lowest BCUT2D eigenvalue weighted by Crippen LogP contribution is -2.19. The Morgan fingerprint density at radius 2 is 1.79 bits per heavy atom. The summed E-state index contributed by atoms with van der Waals surface area (Å²) < 4.78 is 1.87. The smallest absolute Gasteiger partial charge is 0.226 e. The second-order valence-corrected chi connectivity index (χ2v) is 5.30. The normalized spacial score (nSPS) is 11.4. The Bertz CT molecular complexity index is 750. The summed E-state index contributed by atoms with van der Waals surface area (Å²) in [4.78, 5) is 6.41. The van der Waals surface area contributed by atoms with E-state index in [0.717, 1.165) is 5.39 Å². The molecular weight excluding hydrogens is 285 g/mol. The number of anilines is 1. The molecule has 0 spiro atoms. The number of fused-ring (bicyclic) bond motifs is 3. The number of benzene rings is 1. The van der Waals surface area contributed by atoms with Crippen LogP contribution in [0.2, 0.25) is 10.0 Å². The number of hydrogen-bond acceptors (Lipinski definition) is 4. The van der Waals surface area contributed by atoms with Crippen LogP contribution in [0.5, 0.6) is 0 Å². The third-order valence-electron chi connectivity index (χ3n) is 3.00. The highest BCUT2D eigenvalue weighted by atomic mass is 35.5. The zero-order valence-electron chi connectivity index (χ0n) is 10.6. The molecule has 5 nitrogen and oxygen atoms in total. The maximum Gasteiger partial charge on any atom is 0.226 e. The van der Waals surface area contributed by atoms with Crippen molar-refractivity contribution in [3.05, 3.63) is 22.2 Å². The van der Waals surface area contributed by atoms with Crippen molar-refractivity contribution >= 4 is 40.1 Å². The molecule has 2 aliphatic heterocycles. The highest BCUT2D eigenvalue weighted by Gasteiger charge is 2.22. The Hall–Kier alpha value is -1.59. The second-order valence-electron chi connectivity index (χ2n) is 4.49. The molecule has 0 radical (unpaired) electrons. The maximum absolute atomic E-state index is 6.22. The standard InChI is InChI=1S/C12H11Cl2N5/c1-18(2)12-17-16-10-8-6(13)4-5-7(14)9(8)15-11(10)19(12)3/h4-5H,1-3H3. The lowest BCUT2D eigenvalue weighted by molar-refractivity contribution is 0.777. The summed E-state index contributed by atoms with van der Waals surface area (Å²) in [6.07, 6.45) is 0. The van der Waals surface area contributed by atoms with Gasteiger partial charge in [-0.3, -0.25) is 4.57 Å². The third kappa shape index (κ3) is 1.73. The number of aromatic nitrogens is 4. The molecule has 0 fully saturated rings. The molecule has 0 bridgehead atoms. The zero-order chi connectivity index (χ0) is 13.7. The van der Waals surface area contributed by atoms with Gasteiger partial charge in [0.05, 0.1) is 20.9 Å². The van der Waals surface area contributed by atoms with Gasteiger partial charge in [-0.15, -0.1) is 10.2 Å². The van der Waals surface area contributed by atoms with Crippen LogP contribution in [0.1, 0.15) is 0 Å². The van der Waals surface area contributed by atoms with Crippen molar-refractivity contribution in [2.45, 2.75) is 0 Å². The van der Waals surface area contributed by atoms with Gasteiger partial charge in [0.15, 0.2) is 5.82 Å². The van der Waals surface area contributed by atoms with Crippen molar-refractivity contribution in [3.8, 4) is 11.5 Å². The van der Waals surface area contributed by atoms with Crippen molar-refractivity contribution in [3.63, 3.8) is 0 Å². The lowest BCUT2D eigenvalue weighted by Gasteiger charge is -2.16. The predicted octanol–water partition coefficient (Wildman–Crippen LogP) is 2.84. The van der Waals surface area contributed by atoms with E-state index in [1.807, 2.05) is 30.6 Å². The van der Waals surface area contributed by atoms with Gasteiger partial charge in [0.25, 0.3) is 0 Å². The highest BCUT2D eigenvalue weighted by molar-refractivity contribution is 6.41. The number of nitrogens with zero attached hydrogens (tertiary/aromatic N) is 5. The van der Waals surface area contributed by atoms with E-state index >= 15 is 0 Å². The largest absolute Gasteiger partial charge is 0.347 e. The average Bonchev–Trinajstić information content (AvgIpc) is 2.75. The van der Waals surface area contributed by atoms with E-state index in [9.17, 15) is 0 Å². The number of rotatable bonds is 1. The molecule has 3 rings (SSSR count). The van der Waals surface area contributed by atoms with Crippen LogP contribution in [0.15, 0.2) is 12.1 Å². The average molecular weight is 296 g/mol. The molecule has 2 heterocycles. The van der Waals surface area contributed by atoms with E-state index in [4.69, 9.17) is 23.2 Å². The SMILES string of the molecule is CN(C)c1nnc2c3c(Cl)ccc(Cl)c3nc-2n1C. The summed E-state index contributed by atoms with van der Waals surface area (Å²) in [7, 11) is 5.69. The van der Waals surface area contributed by atoms with Gasteiger partial charge in [0.2, 0.25) is 5.95 Å². The van der Waals surface area contributed by atoms with E-state index in [1.165, 1.54) is 0 Å². The minimum atomic E-state index is 0.559. The molecule has 0 saturated heterocycles. The molecule has 0 aromatic heterocycles. The first-order valence-electron chi connectivity index (χ1n) is 5.65. The van der Waals surface area contributed by atoms with E-state index in [1.54, 1.807) is 12.1 Å². The van der Waals surface area contributed by atoms with Gasteiger partial charge in [0.1, 0.15) is 5.69 Å². The highest BCUT2D eigenvalue weighted by Crippen LogP contribution is 2.37. The Morgan fingerprint density at radius 3 is 2.47 bits per heavy atom. The summed E-state index contributed by atoms with van der Waals surface area (Å²) in [6, 6.07) is 3.48. The van der Waals surface area contributed by atoms with Crippen LogP contribution < -0.4 is 4.90 Å². The summed E-state index contributed by atoms with van der Waals surface area (Å²) in [5.74, 6) is 1.42. The van der Waals surface area contributed by atoms with E-state index in [-0.39, 0.29) is 0 Å². The minimum Gasteiger partial charge on any atom is -0.347 e. The fourth-order valence-electron chi connectivity index (χ4n) is 2.12. The van der Waals surface area contributed by atoms with E-state index < -0.39 is 0 Å². The molecule has 0 aliphatic carbocycles. The van der Waals surface area contributed by atoms with Crippen LogP contribution in [-0.2, 0) is 7.05 Å². The Labute approximate surface area is 120 Å². The van der Waals surface area contributed by atoms with Crippen LogP contribution in [0.4, 0.5) is 5.95 Å². The van der Waals surface area contributed by atoms with Gasteiger partial charge in [-0.1, -0.05) is 23.2 Å². The first kappa shape index (κ1) is 12.4. The fraction of sp³-hybridized carbons (Fsp3) is 0.250. The van der Waals surface area contributed by atoms with Crippen molar-refractivity contribution in [2.24, 2.45) is 7.05 Å². The number of hydrogen-bond donors (Lipinski definition) is 0. The van der Waals surface area contributed by atoms with Crippen LogP contribution in [-0.4, -0.2) is 33.8 Å². The van der Waals surface area contributed by atoms with Crippen LogP contribution >= 0.6 is 23.2 Å². The van der Waals surface area contributed by atoms with Crippen LogP contribution in [0.3, 0.4) is 0 Å².